The molecule has 0 aliphatic carbocycles. The summed E-state index contributed by atoms with van der Waals surface area (Å²) in [4.78, 5) is 8.75. The number of hydrogen-bond donors (Lipinski definition) is 1. The highest BCUT2D eigenvalue weighted by atomic mass is 32.2. The number of nitrogens with one attached hydrogen (secondary N) is 1. The molecular formula is C12H18N4S. The van der Waals surface area contributed by atoms with E-state index in [9.17, 15) is 0 Å². The molecule has 5 heteroatoms. The summed E-state index contributed by atoms with van der Waals surface area (Å²) in [5.41, 5.74) is 2.06. The molecule has 0 bridgehead atoms. The van der Waals surface area contributed by atoms with Crippen LogP contribution in [-0.4, -0.2) is 32.1 Å². The van der Waals surface area contributed by atoms with Crippen LogP contribution in [0.4, 0.5) is 5.82 Å². The summed E-state index contributed by atoms with van der Waals surface area (Å²) in [6, 6.07) is 2.39. The van der Waals surface area contributed by atoms with Gasteiger partial charge in [-0.3, -0.25) is 0 Å². The molecule has 92 valence electrons. The molecule has 0 aliphatic heterocycles. The Balaban J connectivity index is 2.18. The van der Waals surface area contributed by atoms with E-state index >= 15 is 0 Å². The zero-order valence-electron chi connectivity index (χ0n) is 10.5. The number of pyridine rings is 1. The Morgan fingerprint density at radius 1 is 1.47 bits per heavy atom. The molecule has 1 unspecified atom stereocenters. The fraction of sp³-hybridized carbons (Fsp3) is 0.500. The third-order valence-electron chi connectivity index (χ3n) is 2.60. The Kier molecular flexibility index (Phi) is 3.89. The van der Waals surface area contributed by atoms with Crippen molar-refractivity contribution in [2.24, 2.45) is 7.05 Å². The number of fused-ring (bicyclic) bond motifs is 1. The number of rotatable bonds is 5. The zero-order chi connectivity index (χ0) is 12.3. The molecule has 1 N–H and O–H groups in total. The van der Waals surface area contributed by atoms with Crippen molar-refractivity contribution >= 4 is 28.6 Å². The smallest absolute Gasteiger partial charge is 0.154 e. The lowest BCUT2D eigenvalue weighted by atomic mass is 10.3. The molecule has 0 saturated heterocycles. The number of aromatic nitrogens is 3. The highest BCUT2D eigenvalue weighted by Gasteiger charge is 2.09. The number of hydrogen-bond acceptors (Lipinski definition) is 4. The summed E-state index contributed by atoms with van der Waals surface area (Å²) in [5.74, 6) is 3.11. The fourth-order valence-electron chi connectivity index (χ4n) is 1.74. The van der Waals surface area contributed by atoms with Crippen LogP contribution < -0.4 is 5.32 Å². The Bertz CT molecular complexity index is 494. The van der Waals surface area contributed by atoms with E-state index in [1.54, 1.807) is 0 Å². The van der Waals surface area contributed by atoms with E-state index in [4.69, 9.17) is 0 Å². The van der Waals surface area contributed by atoms with E-state index in [0.717, 1.165) is 28.4 Å². The van der Waals surface area contributed by atoms with Gasteiger partial charge >= 0.3 is 0 Å². The maximum atomic E-state index is 4.38. The molecule has 1 atom stereocenters. The second kappa shape index (κ2) is 5.40. The predicted octanol–water partition coefficient (Wildman–Crippen LogP) is 2.52. The van der Waals surface area contributed by atoms with Crippen LogP contribution in [0.5, 0.6) is 0 Å². The molecule has 2 aromatic heterocycles. The van der Waals surface area contributed by atoms with Crippen LogP contribution in [-0.2, 0) is 7.05 Å². The van der Waals surface area contributed by atoms with Crippen molar-refractivity contribution in [3.63, 3.8) is 0 Å². The normalized spacial score (nSPS) is 12.9. The van der Waals surface area contributed by atoms with E-state index < -0.39 is 0 Å². The minimum absolute atomic E-state index is 0.403. The average molecular weight is 250 g/mol. The largest absolute Gasteiger partial charge is 0.365 e. The summed E-state index contributed by atoms with van der Waals surface area (Å²) >= 11 is 1.93. The first kappa shape index (κ1) is 12.2. The Morgan fingerprint density at radius 3 is 3.06 bits per heavy atom. The van der Waals surface area contributed by atoms with Crippen molar-refractivity contribution in [1.82, 2.24) is 14.5 Å². The SMILES string of the molecule is CCSCC(C)Nc1nccc2c1ncn2C. The fourth-order valence-corrected chi connectivity index (χ4v) is 2.41. The van der Waals surface area contributed by atoms with Crippen LogP contribution in [0, 0.1) is 0 Å². The highest BCUT2D eigenvalue weighted by Crippen LogP contribution is 2.19. The summed E-state index contributed by atoms with van der Waals surface area (Å²) in [6.07, 6.45) is 3.65. The molecule has 4 nitrogen and oxygen atoms in total. The summed E-state index contributed by atoms with van der Waals surface area (Å²) < 4.78 is 2.01. The van der Waals surface area contributed by atoms with Gasteiger partial charge in [-0.05, 0) is 18.7 Å². The predicted molar refractivity (Wildman–Crippen MR) is 74.6 cm³/mol. The first-order valence-electron chi connectivity index (χ1n) is 5.82. The number of aryl methyl sites for hydroxylation is 1. The number of nitrogens with zero attached hydrogens (tertiary/aromatic N) is 3. The molecule has 2 aromatic rings. The lowest BCUT2D eigenvalue weighted by molar-refractivity contribution is 0.904. The molecule has 0 saturated carbocycles. The highest BCUT2D eigenvalue weighted by molar-refractivity contribution is 7.99. The Hall–Kier alpha value is -1.23. The van der Waals surface area contributed by atoms with Gasteiger partial charge in [0.05, 0.1) is 11.8 Å². The molecule has 0 aromatic carbocycles. The second-order valence-corrected chi connectivity index (χ2v) is 5.41. The third kappa shape index (κ3) is 2.72. The lowest BCUT2D eigenvalue weighted by Crippen LogP contribution is -2.19. The van der Waals surface area contributed by atoms with Crippen LogP contribution in [0.3, 0.4) is 0 Å². The van der Waals surface area contributed by atoms with Crippen molar-refractivity contribution < 1.29 is 0 Å². The van der Waals surface area contributed by atoms with Crippen molar-refractivity contribution in [1.29, 1.82) is 0 Å². The van der Waals surface area contributed by atoms with Crippen LogP contribution in [0.2, 0.25) is 0 Å². The van der Waals surface area contributed by atoms with E-state index in [2.05, 4.69) is 29.1 Å². The van der Waals surface area contributed by atoms with Crippen molar-refractivity contribution in [3.8, 4) is 0 Å². The topological polar surface area (TPSA) is 42.7 Å². The van der Waals surface area contributed by atoms with E-state index in [1.165, 1.54) is 0 Å². The molecule has 0 aliphatic rings. The van der Waals surface area contributed by atoms with Crippen molar-refractivity contribution in [2.45, 2.75) is 19.9 Å². The van der Waals surface area contributed by atoms with Crippen LogP contribution in [0.25, 0.3) is 11.0 Å². The Morgan fingerprint density at radius 2 is 2.29 bits per heavy atom. The molecule has 2 heterocycles. The quantitative estimate of drug-likeness (QED) is 0.885. The second-order valence-electron chi connectivity index (χ2n) is 4.09. The van der Waals surface area contributed by atoms with Gasteiger partial charge in [0.2, 0.25) is 0 Å². The number of thioether (sulfide) groups is 1. The van der Waals surface area contributed by atoms with Gasteiger partial charge in [-0.2, -0.15) is 11.8 Å². The summed E-state index contributed by atoms with van der Waals surface area (Å²) in [6.45, 7) is 4.35. The van der Waals surface area contributed by atoms with Gasteiger partial charge in [-0.25, -0.2) is 9.97 Å². The van der Waals surface area contributed by atoms with Gasteiger partial charge in [0.15, 0.2) is 5.82 Å². The van der Waals surface area contributed by atoms with Gasteiger partial charge in [0, 0.05) is 25.0 Å². The maximum absolute atomic E-state index is 4.38. The average Bonchev–Trinajstić information content (AvgIpc) is 2.70. The summed E-state index contributed by atoms with van der Waals surface area (Å²) in [7, 11) is 2.00. The van der Waals surface area contributed by atoms with E-state index in [0.29, 0.717) is 6.04 Å². The molecule has 0 spiro atoms. The molecule has 17 heavy (non-hydrogen) atoms. The monoisotopic (exact) mass is 250 g/mol. The molecule has 2 rings (SSSR count). The van der Waals surface area contributed by atoms with E-state index in [-0.39, 0.29) is 0 Å². The van der Waals surface area contributed by atoms with Crippen molar-refractivity contribution in [3.05, 3.63) is 18.6 Å². The number of imidazole rings is 1. The van der Waals surface area contributed by atoms with Gasteiger partial charge in [-0.15, -0.1) is 0 Å². The standard InChI is InChI=1S/C12H18N4S/c1-4-17-7-9(2)15-12-11-10(5-6-13-12)16(3)8-14-11/h5-6,8-9H,4,7H2,1-3H3,(H,13,15). The van der Waals surface area contributed by atoms with E-state index in [1.807, 2.05) is 42.0 Å². The number of anilines is 1. The lowest BCUT2D eigenvalue weighted by Gasteiger charge is -2.13. The van der Waals surface area contributed by atoms with Gasteiger partial charge in [0.1, 0.15) is 5.52 Å². The minimum Gasteiger partial charge on any atom is -0.365 e. The van der Waals surface area contributed by atoms with Crippen LogP contribution in [0.1, 0.15) is 13.8 Å². The molecular weight excluding hydrogens is 232 g/mol. The van der Waals surface area contributed by atoms with Crippen LogP contribution in [0.15, 0.2) is 18.6 Å². The molecule has 0 radical (unpaired) electrons. The molecule has 0 fully saturated rings. The zero-order valence-corrected chi connectivity index (χ0v) is 11.3. The first-order chi connectivity index (χ1) is 8.22. The Labute approximate surface area is 106 Å². The van der Waals surface area contributed by atoms with Crippen LogP contribution >= 0.6 is 11.8 Å². The van der Waals surface area contributed by atoms with Gasteiger partial charge < -0.3 is 9.88 Å². The summed E-state index contributed by atoms with van der Waals surface area (Å²) in [5, 5.41) is 3.43. The van der Waals surface area contributed by atoms with Gasteiger partial charge in [0.25, 0.3) is 0 Å². The van der Waals surface area contributed by atoms with Crippen molar-refractivity contribution in [2.75, 3.05) is 16.8 Å². The maximum Gasteiger partial charge on any atom is 0.154 e. The third-order valence-corrected chi connectivity index (χ3v) is 3.74. The molecule has 0 amide bonds. The first-order valence-corrected chi connectivity index (χ1v) is 6.98. The van der Waals surface area contributed by atoms with Gasteiger partial charge in [-0.1, -0.05) is 6.92 Å². The minimum atomic E-state index is 0.403.